The largest absolute Gasteiger partial charge is 0.507 e. The van der Waals surface area contributed by atoms with Crippen LogP contribution < -0.4 is 5.43 Å². The number of thioether (sulfide) groups is 1. The van der Waals surface area contributed by atoms with E-state index in [4.69, 9.17) is 0 Å². The van der Waals surface area contributed by atoms with Crippen LogP contribution in [0.4, 0.5) is 0 Å². The number of phenols is 1. The minimum atomic E-state index is -0.306. The lowest BCUT2D eigenvalue weighted by Crippen LogP contribution is -2.20. The highest BCUT2D eigenvalue weighted by Crippen LogP contribution is 2.28. The van der Waals surface area contributed by atoms with Gasteiger partial charge in [-0.15, -0.1) is 10.2 Å². The molecule has 2 heterocycles. The molecule has 0 unspecified atom stereocenters. The third-order valence-electron chi connectivity index (χ3n) is 5.53. The lowest BCUT2D eigenvalue weighted by molar-refractivity contribution is -0.118. The number of rotatable bonds is 7. The van der Waals surface area contributed by atoms with Gasteiger partial charge in [-0.3, -0.25) is 14.3 Å². The summed E-state index contributed by atoms with van der Waals surface area (Å²) in [5.41, 5.74) is 5.98. The van der Waals surface area contributed by atoms with Gasteiger partial charge in [0.05, 0.1) is 12.0 Å². The zero-order valence-corrected chi connectivity index (χ0v) is 20.2. The van der Waals surface area contributed by atoms with Crippen molar-refractivity contribution in [2.24, 2.45) is 5.10 Å². The molecular formula is C27H22N6O2S. The molecule has 36 heavy (non-hydrogen) atoms. The van der Waals surface area contributed by atoms with E-state index in [1.807, 2.05) is 78.2 Å². The SMILES string of the molecule is Cc1ccc(-n2c(SCC(=O)N/N=C/c3c(O)ccc4ccccc34)nnc2-c2ccncc2)cc1. The van der Waals surface area contributed by atoms with Gasteiger partial charge in [0.1, 0.15) is 5.75 Å². The Morgan fingerprint density at radius 1 is 1.03 bits per heavy atom. The first-order chi connectivity index (χ1) is 17.6. The van der Waals surface area contributed by atoms with Crippen LogP contribution in [-0.2, 0) is 4.79 Å². The van der Waals surface area contributed by atoms with Crippen molar-refractivity contribution >= 4 is 34.7 Å². The smallest absolute Gasteiger partial charge is 0.250 e. The number of aromatic nitrogens is 4. The van der Waals surface area contributed by atoms with Crippen molar-refractivity contribution in [2.45, 2.75) is 12.1 Å². The summed E-state index contributed by atoms with van der Waals surface area (Å²) >= 11 is 1.26. The number of phenolic OH excluding ortho intramolecular Hbond substituents is 1. The van der Waals surface area contributed by atoms with Crippen LogP contribution in [0.1, 0.15) is 11.1 Å². The summed E-state index contributed by atoms with van der Waals surface area (Å²) < 4.78 is 1.92. The molecule has 5 aromatic rings. The molecule has 3 aromatic carbocycles. The van der Waals surface area contributed by atoms with Crippen LogP contribution in [0.2, 0.25) is 0 Å². The average Bonchev–Trinajstić information content (AvgIpc) is 3.33. The molecule has 0 saturated heterocycles. The molecule has 0 saturated carbocycles. The quantitative estimate of drug-likeness (QED) is 0.192. The summed E-state index contributed by atoms with van der Waals surface area (Å²) in [5, 5.41) is 25.4. The molecule has 178 valence electrons. The second kappa shape index (κ2) is 10.4. The van der Waals surface area contributed by atoms with Crippen molar-refractivity contribution < 1.29 is 9.90 Å². The molecule has 0 aliphatic carbocycles. The lowest BCUT2D eigenvalue weighted by Gasteiger charge is -2.10. The Kier molecular flexibility index (Phi) is 6.72. The summed E-state index contributed by atoms with van der Waals surface area (Å²) in [4.78, 5) is 16.6. The highest BCUT2D eigenvalue weighted by atomic mass is 32.2. The van der Waals surface area contributed by atoms with E-state index in [0.29, 0.717) is 16.5 Å². The summed E-state index contributed by atoms with van der Waals surface area (Å²) in [6.07, 6.45) is 4.86. The minimum absolute atomic E-state index is 0.0825. The number of aryl methyl sites for hydroxylation is 1. The Bertz CT molecular complexity index is 1550. The van der Waals surface area contributed by atoms with Crippen LogP contribution in [0.15, 0.2) is 95.4 Å². The number of benzene rings is 3. The van der Waals surface area contributed by atoms with Crippen LogP contribution in [-0.4, -0.2) is 42.7 Å². The Balaban J connectivity index is 1.33. The van der Waals surface area contributed by atoms with Gasteiger partial charge in [0.2, 0.25) is 0 Å². The summed E-state index contributed by atoms with van der Waals surface area (Å²) in [6, 6.07) is 22.9. The monoisotopic (exact) mass is 494 g/mol. The number of nitrogens with zero attached hydrogens (tertiary/aromatic N) is 5. The first-order valence-corrected chi connectivity index (χ1v) is 12.2. The van der Waals surface area contributed by atoms with Crippen LogP contribution in [0.25, 0.3) is 27.8 Å². The molecule has 0 atom stereocenters. The highest BCUT2D eigenvalue weighted by molar-refractivity contribution is 7.99. The minimum Gasteiger partial charge on any atom is -0.507 e. The van der Waals surface area contributed by atoms with Gasteiger partial charge in [0.25, 0.3) is 5.91 Å². The Hall–Kier alpha value is -4.50. The number of amides is 1. The zero-order valence-electron chi connectivity index (χ0n) is 19.4. The number of hydrogen-bond donors (Lipinski definition) is 2. The first-order valence-electron chi connectivity index (χ1n) is 11.2. The second-order valence-corrected chi connectivity index (χ2v) is 8.96. The number of aromatic hydroxyl groups is 1. The Morgan fingerprint density at radius 2 is 1.81 bits per heavy atom. The van der Waals surface area contributed by atoms with Gasteiger partial charge in [-0.05, 0) is 48.0 Å². The van der Waals surface area contributed by atoms with Gasteiger partial charge in [0.15, 0.2) is 11.0 Å². The molecule has 0 aliphatic rings. The van der Waals surface area contributed by atoms with E-state index in [1.54, 1.807) is 18.5 Å². The Morgan fingerprint density at radius 3 is 2.61 bits per heavy atom. The van der Waals surface area contributed by atoms with Crippen LogP contribution in [0, 0.1) is 6.92 Å². The fourth-order valence-corrected chi connectivity index (χ4v) is 4.47. The van der Waals surface area contributed by atoms with E-state index >= 15 is 0 Å². The fraction of sp³-hybridized carbons (Fsp3) is 0.0741. The topological polar surface area (TPSA) is 105 Å². The molecule has 0 aliphatic heterocycles. The maximum Gasteiger partial charge on any atom is 0.250 e. The zero-order chi connectivity index (χ0) is 24.9. The second-order valence-electron chi connectivity index (χ2n) is 8.01. The third-order valence-corrected chi connectivity index (χ3v) is 6.46. The number of fused-ring (bicyclic) bond motifs is 1. The third kappa shape index (κ3) is 4.96. The van der Waals surface area contributed by atoms with Gasteiger partial charge in [-0.1, -0.05) is 59.8 Å². The van der Waals surface area contributed by atoms with Crippen molar-refractivity contribution in [2.75, 3.05) is 5.75 Å². The van der Waals surface area contributed by atoms with Gasteiger partial charge in [0, 0.05) is 29.2 Å². The molecular weight excluding hydrogens is 472 g/mol. The van der Waals surface area contributed by atoms with Crippen LogP contribution >= 0.6 is 11.8 Å². The van der Waals surface area contributed by atoms with E-state index in [-0.39, 0.29) is 17.4 Å². The number of nitrogens with one attached hydrogen (secondary N) is 1. The molecule has 8 nitrogen and oxygen atoms in total. The predicted molar refractivity (Wildman–Crippen MR) is 141 cm³/mol. The lowest BCUT2D eigenvalue weighted by atomic mass is 10.0. The molecule has 5 rings (SSSR count). The van der Waals surface area contributed by atoms with Crippen molar-refractivity contribution in [3.63, 3.8) is 0 Å². The standard InChI is InChI=1S/C27H22N6O2S/c1-18-6-9-21(10-7-18)33-26(20-12-14-28-15-13-20)31-32-27(33)36-17-25(35)30-29-16-23-22-5-3-2-4-19(22)8-11-24(23)34/h2-16,34H,17H2,1H3,(H,30,35)/b29-16+. The van der Waals surface area contributed by atoms with Crippen LogP contribution in [0.3, 0.4) is 0 Å². The van der Waals surface area contributed by atoms with Crippen molar-refractivity contribution in [3.05, 3.63) is 96.3 Å². The maximum atomic E-state index is 12.6. The normalized spacial score (nSPS) is 11.2. The molecule has 0 fully saturated rings. The van der Waals surface area contributed by atoms with Gasteiger partial charge in [-0.25, -0.2) is 5.43 Å². The number of pyridine rings is 1. The van der Waals surface area contributed by atoms with Crippen molar-refractivity contribution in [1.29, 1.82) is 0 Å². The maximum absolute atomic E-state index is 12.6. The number of carbonyl (C=O) groups excluding carboxylic acids is 1. The molecule has 9 heteroatoms. The van der Waals surface area contributed by atoms with E-state index < -0.39 is 0 Å². The van der Waals surface area contributed by atoms with Gasteiger partial charge < -0.3 is 5.11 Å². The predicted octanol–water partition coefficient (Wildman–Crippen LogP) is 4.74. The van der Waals surface area contributed by atoms with E-state index in [1.165, 1.54) is 18.0 Å². The van der Waals surface area contributed by atoms with E-state index in [2.05, 4.69) is 25.7 Å². The Labute approximate surface area is 211 Å². The van der Waals surface area contributed by atoms with Crippen LogP contribution in [0.5, 0.6) is 5.75 Å². The molecule has 0 bridgehead atoms. The van der Waals surface area contributed by atoms with E-state index in [9.17, 15) is 9.90 Å². The van der Waals surface area contributed by atoms with Gasteiger partial charge >= 0.3 is 0 Å². The molecule has 0 radical (unpaired) electrons. The molecule has 2 aromatic heterocycles. The number of hydrogen-bond acceptors (Lipinski definition) is 7. The van der Waals surface area contributed by atoms with Crippen molar-refractivity contribution in [1.82, 2.24) is 25.2 Å². The number of hydrazone groups is 1. The average molecular weight is 495 g/mol. The molecule has 1 amide bonds. The van der Waals surface area contributed by atoms with Crippen molar-refractivity contribution in [3.8, 4) is 22.8 Å². The summed E-state index contributed by atoms with van der Waals surface area (Å²) in [5.74, 6) is 0.531. The molecule has 0 spiro atoms. The highest BCUT2D eigenvalue weighted by Gasteiger charge is 2.17. The van der Waals surface area contributed by atoms with Gasteiger partial charge in [-0.2, -0.15) is 5.10 Å². The summed E-state index contributed by atoms with van der Waals surface area (Å²) in [7, 11) is 0. The first kappa shape index (κ1) is 23.3. The fourth-order valence-electron chi connectivity index (χ4n) is 3.73. The number of carbonyl (C=O) groups is 1. The molecule has 2 N–H and O–H groups in total. The summed E-state index contributed by atoms with van der Waals surface area (Å²) in [6.45, 7) is 2.03. The van der Waals surface area contributed by atoms with E-state index in [0.717, 1.165) is 27.6 Å².